The highest BCUT2D eigenvalue weighted by Crippen LogP contribution is 2.25. The van der Waals surface area contributed by atoms with Crippen molar-refractivity contribution in [2.24, 2.45) is 0 Å². The first-order valence-electron chi connectivity index (χ1n) is 5.87. The summed E-state index contributed by atoms with van der Waals surface area (Å²) in [5.41, 5.74) is 0.114. The molecule has 6 heteroatoms. The van der Waals surface area contributed by atoms with Gasteiger partial charge in [0.25, 0.3) is 5.91 Å². The quantitative estimate of drug-likeness (QED) is 0.660. The Bertz CT molecular complexity index is 583. The Hall–Kier alpha value is -1.70. The Balaban J connectivity index is 2.86. The van der Waals surface area contributed by atoms with E-state index in [1.54, 1.807) is 18.2 Å². The Kier molecular flexibility index (Phi) is 5.43. The fourth-order valence-corrected chi connectivity index (χ4v) is 1.78. The van der Waals surface area contributed by atoms with Gasteiger partial charge in [0.05, 0.1) is 10.7 Å². The Morgan fingerprint density at radius 1 is 1.35 bits per heavy atom. The molecule has 1 amide bonds. The highest BCUT2D eigenvalue weighted by molar-refractivity contribution is 6.36. The van der Waals surface area contributed by atoms with E-state index in [0.29, 0.717) is 15.7 Å². The average Bonchev–Trinajstić information content (AvgIpc) is 2.30. The minimum atomic E-state index is -0.447. The molecule has 0 aliphatic heterocycles. The molecule has 0 spiro atoms. The molecular weight excluding hydrogens is 297 g/mol. The zero-order chi connectivity index (χ0) is 15.3. The van der Waals surface area contributed by atoms with Gasteiger partial charge in [-0.25, -0.2) is 0 Å². The monoisotopic (exact) mass is 311 g/mol. The summed E-state index contributed by atoms with van der Waals surface area (Å²) >= 11 is 11.8. The fourth-order valence-electron chi connectivity index (χ4n) is 1.31. The van der Waals surface area contributed by atoms with Crippen molar-refractivity contribution >= 4 is 34.8 Å². The van der Waals surface area contributed by atoms with Gasteiger partial charge in [0, 0.05) is 16.8 Å². The lowest BCUT2D eigenvalue weighted by Gasteiger charge is -2.20. The van der Waals surface area contributed by atoms with Crippen LogP contribution < -0.4 is 10.6 Å². The molecule has 106 valence electrons. The van der Waals surface area contributed by atoms with Crippen LogP contribution >= 0.6 is 23.2 Å². The second kappa shape index (κ2) is 6.65. The number of nitrogens with one attached hydrogen (secondary N) is 2. The lowest BCUT2D eigenvalue weighted by atomic mass is 10.1. The summed E-state index contributed by atoms with van der Waals surface area (Å²) in [6.07, 6.45) is 1.32. The molecule has 0 aliphatic carbocycles. The van der Waals surface area contributed by atoms with Crippen LogP contribution in [0.5, 0.6) is 0 Å². The first-order chi connectivity index (χ1) is 9.23. The largest absolute Gasteiger partial charge is 0.359 e. The molecule has 0 saturated heterocycles. The average molecular weight is 312 g/mol. The predicted octanol–water partition coefficient (Wildman–Crippen LogP) is 3.73. The zero-order valence-electron chi connectivity index (χ0n) is 11.4. The molecule has 0 aromatic heterocycles. The molecule has 0 radical (unpaired) electrons. The van der Waals surface area contributed by atoms with Crippen molar-refractivity contribution in [3.05, 3.63) is 40.0 Å². The smallest absolute Gasteiger partial charge is 0.263 e. The number of anilines is 1. The van der Waals surface area contributed by atoms with Crippen LogP contribution in [0.1, 0.15) is 20.8 Å². The molecule has 0 aliphatic rings. The van der Waals surface area contributed by atoms with Crippen molar-refractivity contribution < 1.29 is 4.79 Å². The van der Waals surface area contributed by atoms with E-state index in [1.165, 1.54) is 6.20 Å². The van der Waals surface area contributed by atoms with E-state index in [9.17, 15) is 4.79 Å². The standard InChI is InChI=1S/C14H15Cl2N3O/c1-14(2,3)19-13(20)9(7-17)8-18-12-5-4-10(15)6-11(12)16/h4-6,8,18H,1-3H3,(H,19,20)/b9-8-. The maximum absolute atomic E-state index is 11.9. The Morgan fingerprint density at radius 2 is 2.00 bits per heavy atom. The van der Waals surface area contributed by atoms with E-state index >= 15 is 0 Å². The van der Waals surface area contributed by atoms with Gasteiger partial charge < -0.3 is 10.6 Å². The van der Waals surface area contributed by atoms with Gasteiger partial charge in [0.15, 0.2) is 0 Å². The third-order valence-electron chi connectivity index (χ3n) is 2.16. The van der Waals surface area contributed by atoms with Crippen molar-refractivity contribution in [1.82, 2.24) is 5.32 Å². The molecule has 20 heavy (non-hydrogen) atoms. The number of hydrogen-bond donors (Lipinski definition) is 2. The second-order valence-corrected chi connectivity index (χ2v) is 5.99. The van der Waals surface area contributed by atoms with Gasteiger partial charge >= 0.3 is 0 Å². The third kappa shape index (κ3) is 5.12. The minimum absolute atomic E-state index is 0.0362. The molecule has 4 nitrogen and oxygen atoms in total. The van der Waals surface area contributed by atoms with Crippen LogP contribution in [0.15, 0.2) is 30.0 Å². The van der Waals surface area contributed by atoms with Crippen LogP contribution in [0.2, 0.25) is 10.0 Å². The van der Waals surface area contributed by atoms with Crippen molar-refractivity contribution in [1.29, 1.82) is 5.26 Å². The Labute approximate surface area is 128 Å². The number of amides is 1. The molecule has 0 unspecified atom stereocenters. The molecule has 0 heterocycles. The molecule has 1 aromatic carbocycles. The summed E-state index contributed by atoms with van der Waals surface area (Å²) in [5.74, 6) is -0.447. The van der Waals surface area contributed by atoms with Gasteiger partial charge in [-0.2, -0.15) is 5.26 Å². The number of carbonyl (C=O) groups is 1. The van der Waals surface area contributed by atoms with Gasteiger partial charge in [-0.15, -0.1) is 0 Å². The van der Waals surface area contributed by atoms with Crippen molar-refractivity contribution in [2.75, 3.05) is 5.32 Å². The summed E-state index contributed by atoms with van der Waals surface area (Å²) in [4.78, 5) is 11.9. The summed E-state index contributed by atoms with van der Waals surface area (Å²) in [7, 11) is 0. The number of halogens is 2. The summed E-state index contributed by atoms with van der Waals surface area (Å²) in [6.45, 7) is 5.51. The summed E-state index contributed by atoms with van der Waals surface area (Å²) < 4.78 is 0. The number of hydrogen-bond acceptors (Lipinski definition) is 3. The minimum Gasteiger partial charge on any atom is -0.359 e. The zero-order valence-corrected chi connectivity index (χ0v) is 12.9. The number of benzene rings is 1. The van der Waals surface area contributed by atoms with Crippen LogP contribution in [-0.4, -0.2) is 11.4 Å². The maximum Gasteiger partial charge on any atom is 0.263 e. The van der Waals surface area contributed by atoms with Crippen LogP contribution in [0.25, 0.3) is 0 Å². The van der Waals surface area contributed by atoms with Crippen molar-refractivity contribution in [3.8, 4) is 6.07 Å². The normalized spacial score (nSPS) is 11.7. The van der Waals surface area contributed by atoms with Crippen LogP contribution in [0.4, 0.5) is 5.69 Å². The molecule has 0 fully saturated rings. The van der Waals surface area contributed by atoms with Crippen LogP contribution in [-0.2, 0) is 4.79 Å². The summed E-state index contributed by atoms with van der Waals surface area (Å²) in [5, 5.41) is 15.5. The van der Waals surface area contributed by atoms with E-state index in [1.807, 2.05) is 26.8 Å². The molecule has 0 bridgehead atoms. The molecule has 1 aromatic rings. The number of nitrogens with zero attached hydrogens (tertiary/aromatic N) is 1. The van der Waals surface area contributed by atoms with Crippen molar-refractivity contribution in [2.45, 2.75) is 26.3 Å². The first-order valence-corrected chi connectivity index (χ1v) is 6.63. The number of rotatable bonds is 3. The lowest BCUT2D eigenvalue weighted by molar-refractivity contribution is -0.118. The maximum atomic E-state index is 11.9. The van der Waals surface area contributed by atoms with Crippen molar-refractivity contribution in [3.63, 3.8) is 0 Å². The molecular formula is C14H15Cl2N3O. The SMILES string of the molecule is CC(C)(C)NC(=O)/C(C#N)=C\Nc1ccc(Cl)cc1Cl. The molecule has 1 rings (SSSR count). The number of carbonyl (C=O) groups excluding carboxylic acids is 1. The molecule has 2 N–H and O–H groups in total. The van der Waals surface area contributed by atoms with Crippen LogP contribution in [0.3, 0.4) is 0 Å². The highest BCUT2D eigenvalue weighted by atomic mass is 35.5. The van der Waals surface area contributed by atoms with Crippen LogP contribution in [0, 0.1) is 11.3 Å². The van der Waals surface area contributed by atoms with E-state index in [4.69, 9.17) is 28.5 Å². The van der Waals surface area contributed by atoms with E-state index in [-0.39, 0.29) is 5.57 Å². The Morgan fingerprint density at radius 3 is 2.50 bits per heavy atom. The lowest BCUT2D eigenvalue weighted by Crippen LogP contribution is -2.41. The van der Waals surface area contributed by atoms with E-state index in [2.05, 4.69) is 10.6 Å². The topological polar surface area (TPSA) is 64.9 Å². The molecule has 0 saturated carbocycles. The summed E-state index contributed by atoms with van der Waals surface area (Å²) in [6, 6.07) is 6.74. The fraction of sp³-hybridized carbons (Fsp3) is 0.286. The van der Waals surface area contributed by atoms with Gasteiger partial charge in [-0.3, -0.25) is 4.79 Å². The van der Waals surface area contributed by atoms with Gasteiger partial charge in [-0.05, 0) is 39.0 Å². The second-order valence-electron chi connectivity index (χ2n) is 5.14. The predicted molar refractivity (Wildman–Crippen MR) is 81.7 cm³/mol. The van der Waals surface area contributed by atoms with E-state index < -0.39 is 11.4 Å². The molecule has 0 atom stereocenters. The highest BCUT2D eigenvalue weighted by Gasteiger charge is 2.17. The first kappa shape index (κ1) is 16.4. The number of nitriles is 1. The van der Waals surface area contributed by atoms with Gasteiger partial charge in [-0.1, -0.05) is 23.2 Å². The van der Waals surface area contributed by atoms with E-state index in [0.717, 1.165) is 0 Å². The van der Waals surface area contributed by atoms with Gasteiger partial charge in [0.2, 0.25) is 0 Å². The van der Waals surface area contributed by atoms with Gasteiger partial charge in [0.1, 0.15) is 11.6 Å². The third-order valence-corrected chi connectivity index (χ3v) is 2.70.